The summed E-state index contributed by atoms with van der Waals surface area (Å²) < 4.78 is 25.5. The van der Waals surface area contributed by atoms with Crippen LogP contribution in [-0.2, 0) is 4.79 Å². The van der Waals surface area contributed by atoms with Crippen molar-refractivity contribution in [3.63, 3.8) is 0 Å². The van der Waals surface area contributed by atoms with E-state index in [4.69, 9.17) is 5.73 Å². The number of nitrogens with two attached hydrogens (primary N) is 1. The SMILES string of the molecule is NCCCSCC(=O)Nc1ccc(F)c(F)c1. The van der Waals surface area contributed by atoms with Gasteiger partial charge in [-0.25, -0.2) is 8.78 Å². The smallest absolute Gasteiger partial charge is 0.234 e. The van der Waals surface area contributed by atoms with Crippen molar-refractivity contribution in [1.29, 1.82) is 0 Å². The van der Waals surface area contributed by atoms with Crippen LogP contribution in [0.1, 0.15) is 6.42 Å². The van der Waals surface area contributed by atoms with Crippen LogP contribution in [0.4, 0.5) is 14.5 Å². The maximum absolute atomic E-state index is 12.8. The molecule has 0 aliphatic heterocycles. The van der Waals surface area contributed by atoms with Crippen molar-refractivity contribution in [3.8, 4) is 0 Å². The third-order valence-electron chi connectivity index (χ3n) is 1.93. The fourth-order valence-corrected chi connectivity index (χ4v) is 1.89. The summed E-state index contributed by atoms with van der Waals surface area (Å²) in [5.74, 6) is -1.06. The molecule has 1 amide bonds. The summed E-state index contributed by atoms with van der Waals surface area (Å²) in [6.07, 6.45) is 0.850. The van der Waals surface area contributed by atoms with Gasteiger partial charge < -0.3 is 11.1 Å². The number of nitrogens with one attached hydrogen (secondary N) is 1. The number of thioether (sulfide) groups is 1. The van der Waals surface area contributed by atoms with E-state index < -0.39 is 11.6 Å². The number of anilines is 1. The van der Waals surface area contributed by atoms with Crippen molar-refractivity contribution in [2.24, 2.45) is 5.73 Å². The fraction of sp³-hybridized carbons (Fsp3) is 0.364. The van der Waals surface area contributed by atoms with Gasteiger partial charge in [-0.15, -0.1) is 0 Å². The molecule has 0 saturated carbocycles. The van der Waals surface area contributed by atoms with Gasteiger partial charge >= 0.3 is 0 Å². The molecular weight excluding hydrogens is 246 g/mol. The van der Waals surface area contributed by atoms with Crippen LogP contribution in [0, 0.1) is 11.6 Å². The van der Waals surface area contributed by atoms with Gasteiger partial charge in [-0.2, -0.15) is 11.8 Å². The van der Waals surface area contributed by atoms with E-state index >= 15 is 0 Å². The van der Waals surface area contributed by atoms with Crippen molar-refractivity contribution < 1.29 is 13.6 Å². The average Bonchev–Trinajstić information content (AvgIpc) is 2.30. The van der Waals surface area contributed by atoms with Crippen LogP contribution in [0.2, 0.25) is 0 Å². The molecular formula is C11H14F2N2OS. The lowest BCUT2D eigenvalue weighted by Gasteiger charge is -2.05. The van der Waals surface area contributed by atoms with E-state index in [1.54, 1.807) is 0 Å². The first-order valence-electron chi connectivity index (χ1n) is 5.16. The molecule has 17 heavy (non-hydrogen) atoms. The summed E-state index contributed by atoms with van der Waals surface area (Å²) in [7, 11) is 0. The lowest BCUT2D eigenvalue weighted by atomic mass is 10.3. The summed E-state index contributed by atoms with van der Waals surface area (Å²) in [5, 5.41) is 2.49. The van der Waals surface area contributed by atoms with E-state index in [9.17, 15) is 13.6 Å². The second-order valence-corrected chi connectivity index (χ2v) is 4.48. The van der Waals surface area contributed by atoms with E-state index in [0.717, 1.165) is 24.3 Å². The minimum atomic E-state index is -0.974. The molecule has 0 bridgehead atoms. The van der Waals surface area contributed by atoms with Crippen LogP contribution in [0.5, 0.6) is 0 Å². The zero-order valence-electron chi connectivity index (χ0n) is 9.21. The van der Waals surface area contributed by atoms with Gasteiger partial charge in [0, 0.05) is 11.8 Å². The Morgan fingerprint density at radius 3 is 2.76 bits per heavy atom. The zero-order valence-corrected chi connectivity index (χ0v) is 10.0. The monoisotopic (exact) mass is 260 g/mol. The van der Waals surface area contributed by atoms with Gasteiger partial charge in [0.25, 0.3) is 0 Å². The summed E-state index contributed by atoms with van der Waals surface area (Å²) in [6.45, 7) is 0.595. The number of carbonyl (C=O) groups excluding carboxylic acids is 1. The summed E-state index contributed by atoms with van der Waals surface area (Å²) >= 11 is 1.45. The molecule has 0 aromatic heterocycles. The molecule has 0 unspecified atom stereocenters. The molecule has 0 aliphatic rings. The van der Waals surface area contributed by atoms with Gasteiger partial charge in [0.05, 0.1) is 5.75 Å². The second-order valence-electron chi connectivity index (χ2n) is 3.37. The minimum absolute atomic E-state index is 0.238. The largest absolute Gasteiger partial charge is 0.330 e. The Hall–Kier alpha value is -1.14. The van der Waals surface area contributed by atoms with Crippen LogP contribution < -0.4 is 11.1 Å². The van der Waals surface area contributed by atoms with Gasteiger partial charge in [0.15, 0.2) is 11.6 Å². The van der Waals surface area contributed by atoms with Gasteiger partial charge in [-0.05, 0) is 30.9 Å². The highest BCUT2D eigenvalue weighted by molar-refractivity contribution is 7.99. The second kappa shape index (κ2) is 7.24. The molecule has 0 spiro atoms. The van der Waals surface area contributed by atoms with Crippen LogP contribution in [0.25, 0.3) is 0 Å². The Labute approximate surface area is 103 Å². The third-order valence-corrected chi connectivity index (χ3v) is 2.97. The van der Waals surface area contributed by atoms with Crippen molar-refractivity contribution >= 4 is 23.4 Å². The Kier molecular flexibility index (Phi) is 5.93. The normalized spacial score (nSPS) is 10.3. The summed E-state index contributed by atoms with van der Waals surface area (Å²) in [5.41, 5.74) is 5.57. The van der Waals surface area contributed by atoms with Crippen LogP contribution in [-0.4, -0.2) is 24.0 Å². The molecule has 94 valence electrons. The minimum Gasteiger partial charge on any atom is -0.330 e. The number of hydrogen-bond donors (Lipinski definition) is 2. The van der Waals surface area contributed by atoms with Gasteiger partial charge in [0.1, 0.15) is 0 Å². The Balaban J connectivity index is 2.37. The molecule has 1 aromatic carbocycles. The number of hydrogen-bond acceptors (Lipinski definition) is 3. The van der Waals surface area contributed by atoms with Crippen molar-refractivity contribution in [3.05, 3.63) is 29.8 Å². The molecule has 1 aromatic rings. The topological polar surface area (TPSA) is 55.1 Å². The summed E-state index contributed by atoms with van der Waals surface area (Å²) in [4.78, 5) is 11.4. The molecule has 3 N–H and O–H groups in total. The maximum atomic E-state index is 12.8. The van der Waals surface area contributed by atoms with E-state index in [1.807, 2.05) is 0 Å². The molecule has 0 fully saturated rings. The fourth-order valence-electron chi connectivity index (χ4n) is 1.12. The first-order chi connectivity index (χ1) is 8.13. The van der Waals surface area contributed by atoms with Crippen molar-refractivity contribution in [1.82, 2.24) is 0 Å². The first kappa shape index (κ1) is 13.9. The van der Waals surface area contributed by atoms with E-state index in [-0.39, 0.29) is 17.3 Å². The molecule has 0 radical (unpaired) electrons. The lowest BCUT2D eigenvalue weighted by Crippen LogP contribution is -2.15. The van der Waals surface area contributed by atoms with E-state index in [2.05, 4.69) is 5.32 Å². The van der Waals surface area contributed by atoms with E-state index in [0.29, 0.717) is 6.54 Å². The molecule has 0 saturated heterocycles. The van der Waals surface area contributed by atoms with Gasteiger partial charge in [-0.3, -0.25) is 4.79 Å². The number of rotatable bonds is 6. The predicted molar refractivity (Wildman–Crippen MR) is 66.0 cm³/mol. The maximum Gasteiger partial charge on any atom is 0.234 e. The van der Waals surface area contributed by atoms with Crippen LogP contribution in [0.3, 0.4) is 0 Å². The standard InChI is InChI=1S/C11H14F2N2OS/c12-9-3-2-8(6-10(9)13)15-11(16)7-17-5-1-4-14/h2-3,6H,1,4-5,7,14H2,(H,15,16). The van der Waals surface area contributed by atoms with Gasteiger partial charge in [-0.1, -0.05) is 0 Å². The van der Waals surface area contributed by atoms with Gasteiger partial charge in [0.2, 0.25) is 5.91 Å². The highest BCUT2D eigenvalue weighted by Crippen LogP contribution is 2.13. The van der Waals surface area contributed by atoms with Crippen LogP contribution >= 0.6 is 11.8 Å². The highest BCUT2D eigenvalue weighted by Gasteiger charge is 2.06. The number of carbonyl (C=O) groups is 1. The number of amides is 1. The first-order valence-corrected chi connectivity index (χ1v) is 6.31. The quantitative estimate of drug-likeness (QED) is 0.769. The summed E-state index contributed by atoms with van der Waals surface area (Å²) in [6, 6.07) is 3.26. The number of halogens is 2. The number of benzene rings is 1. The highest BCUT2D eigenvalue weighted by atomic mass is 32.2. The Bertz CT molecular complexity index is 388. The van der Waals surface area contributed by atoms with Crippen molar-refractivity contribution in [2.45, 2.75) is 6.42 Å². The van der Waals surface area contributed by atoms with E-state index in [1.165, 1.54) is 17.8 Å². The lowest BCUT2D eigenvalue weighted by molar-refractivity contribution is -0.113. The van der Waals surface area contributed by atoms with Crippen LogP contribution in [0.15, 0.2) is 18.2 Å². The Morgan fingerprint density at radius 2 is 2.12 bits per heavy atom. The Morgan fingerprint density at radius 1 is 1.35 bits per heavy atom. The third kappa shape index (κ3) is 5.14. The molecule has 0 atom stereocenters. The molecule has 0 aliphatic carbocycles. The van der Waals surface area contributed by atoms with Crippen molar-refractivity contribution in [2.75, 3.05) is 23.4 Å². The zero-order chi connectivity index (χ0) is 12.7. The average molecular weight is 260 g/mol. The molecule has 1 rings (SSSR count). The molecule has 6 heteroatoms. The predicted octanol–water partition coefficient (Wildman–Crippen LogP) is 1.99. The molecule has 0 heterocycles. The molecule has 3 nitrogen and oxygen atoms in total.